The second-order valence-electron chi connectivity index (χ2n) is 6.53. The van der Waals surface area contributed by atoms with Gasteiger partial charge < -0.3 is 10.1 Å². The summed E-state index contributed by atoms with van der Waals surface area (Å²) in [5, 5.41) is 2.80. The molecule has 0 spiro atoms. The minimum atomic E-state index is -3.49. The van der Waals surface area contributed by atoms with Crippen LogP contribution in [0.25, 0.3) is 6.08 Å². The minimum Gasteiger partial charge on any atom is -0.477 e. The largest absolute Gasteiger partial charge is 0.477 e. The zero-order valence-corrected chi connectivity index (χ0v) is 18.5. The van der Waals surface area contributed by atoms with Crippen molar-refractivity contribution in [1.82, 2.24) is 14.6 Å². The standard InChI is InChI=1S/C22H29N3O4S/c1-4-16-29-22-19(8-7-15-23-22)17-24-21(26)14-11-18-9-12-20(13-10-18)30(27,28)25(5-2)6-3/h7-15H,4-6,16-17H2,1-3H3,(H,24,26)/b14-11+. The number of nitrogens with zero attached hydrogens (tertiary/aromatic N) is 2. The Labute approximate surface area is 178 Å². The normalized spacial score (nSPS) is 11.7. The highest BCUT2D eigenvalue weighted by Gasteiger charge is 2.20. The van der Waals surface area contributed by atoms with E-state index in [0.717, 1.165) is 17.5 Å². The monoisotopic (exact) mass is 431 g/mol. The Morgan fingerprint density at radius 2 is 1.83 bits per heavy atom. The SMILES string of the molecule is CCCOc1ncccc1CNC(=O)/C=C/c1ccc(S(=O)(=O)N(CC)CC)cc1. The van der Waals surface area contributed by atoms with Crippen LogP contribution in [0, 0.1) is 0 Å². The highest BCUT2D eigenvalue weighted by molar-refractivity contribution is 7.89. The van der Waals surface area contributed by atoms with Gasteiger partial charge in [0, 0.05) is 37.5 Å². The van der Waals surface area contributed by atoms with Crippen LogP contribution in [-0.2, 0) is 21.4 Å². The number of carbonyl (C=O) groups excluding carboxylic acids is 1. The zero-order valence-electron chi connectivity index (χ0n) is 17.7. The van der Waals surface area contributed by atoms with Crippen molar-refractivity contribution in [3.63, 3.8) is 0 Å². The van der Waals surface area contributed by atoms with Gasteiger partial charge in [-0.1, -0.05) is 39.0 Å². The van der Waals surface area contributed by atoms with E-state index >= 15 is 0 Å². The summed E-state index contributed by atoms with van der Waals surface area (Å²) in [5.74, 6) is 0.258. The molecule has 1 N–H and O–H groups in total. The fourth-order valence-corrected chi connectivity index (χ4v) is 4.22. The third kappa shape index (κ3) is 6.40. The number of hydrogen-bond acceptors (Lipinski definition) is 5. The van der Waals surface area contributed by atoms with Gasteiger partial charge >= 0.3 is 0 Å². The summed E-state index contributed by atoms with van der Waals surface area (Å²) >= 11 is 0. The van der Waals surface area contributed by atoms with Crippen molar-refractivity contribution in [1.29, 1.82) is 0 Å². The van der Waals surface area contributed by atoms with Gasteiger partial charge in [-0.05, 0) is 36.3 Å². The Morgan fingerprint density at radius 1 is 1.13 bits per heavy atom. The van der Waals surface area contributed by atoms with Crippen LogP contribution in [0.5, 0.6) is 5.88 Å². The van der Waals surface area contributed by atoms with Crippen LogP contribution in [0.1, 0.15) is 38.3 Å². The van der Waals surface area contributed by atoms with Gasteiger partial charge in [-0.3, -0.25) is 4.79 Å². The number of ether oxygens (including phenoxy) is 1. The van der Waals surface area contributed by atoms with Crippen molar-refractivity contribution in [2.24, 2.45) is 0 Å². The number of pyridine rings is 1. The summed E-state index contributed by atoms with van der Waals surface area (Å²) in [4.78, 5) is 16.6. The van der Waals surface area contributed by atoms with Crippen molar-refractivity contribution in [2.45, 2.75) is 38.6 Å². The molecule has 162 valence electrons. The molecule has 0 saturated heterocycles. The number of sulfonamides is 1. The highest BCUT2D eigenvalue weighted by Crippen LogP contribution is 2.17. The Hall–Kier alpha value is -2.71. The van der Waals surface area contributed by atoms with Crippen LogP contribution >= 0.6 is 0 Å². The van der Waals surface area contributed by atoms with Crippen molar-refractivity contribution < 1.29 is 17.9 Å². The third-order valence-electron chi connectivity index (χ3n) is 4.40. The van der Waals surface area contributed by atoms with Crippen LogP contribution in [0.3, 0.4) is 0 Å². The maximum Gasteiger partial charge on any atom is 0.244 e. The van der Waals surface area contributed by atoms with E-state index in [0.29, 0.717) is 32.1 Å². The number of benzene rings is 1. The lowest BCUT2D eigenvalue weighted by molar-refractivity contribution is -0.116. The first kappa shape index (κ1) is 23.6. The maximum absolute atomic E-state index is 12.5. The average molecular weight is 432 g/mol. The molecule has 2 aromatic rings. The molecule has 0 atom stereocenters. The van der Waals surface area contributed by atoms with Crippen molar-refractivity contribution >= 4 is 22.0 Å². The molecule has 0 aliphatic carbocycles. The number of carbonyl (C=O) groups is 1. The van der Waals surface area contributed by atoms with E-state index in [9.17, 15) is 13.2 Å². The van der Waals surface area contributed by atoms with E-state index in [1.165, 1.54) is 10.4 Å². The number of nitrogens with one attached hydrogen (secondary N) is 1. The van der Waals surface area contributed by atoms with Crippen LogP contribution in [0.4, 0.5) is 0 Å². The van der Waals surface area contributed by atoms with Gasteiger partial charge in [0.05, 0.1) is 11.5 Å². The van der Waals surface area contributed by atoms with Gasteiger partial charge in [0.2, 0.25) is 21.8 Å². The van der Waals surface area contributed by atoms with E-state index in [1.54, 1.807) is 56.5 Å². The fourth-order valence-electron chi connectivity index (χ4n) is 2.76. The summed E-state index contributed by atoms with van der Waals surface area (Å²) in [6.07, 6.45) is 5.58. The molecule has 1 aromatic heterocycles. The van der Waals surface area contributed by atoms with Gasteiger partial charge in [-0.2, -0.15) is 4.31 Å². The first-order chi connectivity index (χ1) is 14.4. The van der Waals surface area contributed by atoms with Crippen molar-refractivity contribution in [2.75, 3.05) is 19.7 Å². The molecule has 0 unspecified atom stereocenters. The van der Waals surface area contributed by atoms with Gasteiger partial charge in [-0.15, -0.1) is 0 Å². The predicted octanol–water partition coefficient (Wildman–Crippen LogP) is 3.23. The lowest BCUT2D eigenvalue weighted by Gasteiger charge is -2.18. The fraction of sp³-hybridized carbons (Fsp3) is 0.364. The topological polar surface area (TPSA) is 88.6 Å². The molecular formula is C22H29N3O4S. The Balaban J connectivity index is 1.97. The maximum atomic E-state index is 12.5. The molecule has 1 heterocycles. The summed E-state index contributed by atoms with van der Waals surface area (Å²) in [6.45, 7) is 7.34. The molecule has 7 nitrogen and oxygen atoms in total. The van der Waals surface area contributed by atoms with Crippen LogP contribution < -0.4 is 10.1 Å². The van der Waals surface area contributed by atoms with E-state index in [1.807, 2.05) is 13.0 Å². The molecule has 1 aromatic carbocycles. The number of amides is 1. The van der Waals surface area contributed by atoms with Crippen LogP contribution in [-0.4, -0.2) is 43.3 Å². The first-order valence-corrected chi connectivity index (χ1v) is 11.5. The third-order valence-corrected chi connectivity index (χ3v) is 6.46. The van der Waals surface area contributed by atoms with Gasteiger partial charge in [-0.25, -0.2) is 13.4 Å². The molecule has 0 bridgehead atoms. The second kappa shape index (κ2) is 11.5. The van der Waals surface area contributed by atoms with Crippen LogP contribution in [0.15, 0.2) is 53.6 Å². The van der Waals surface area contributed by atoms with Crippen molar-refractivity contribution in [3.8, 4) is 5.88 Å². The molecule has 8 heteroatoms. The predicted molar refractivity (Wildman–Crippen MR) is 117 cm³/mol. The second-order valence-corrected chi connectivity index (χ2v) is 8.46. The Kier molecular flexibility index (Phi) is 9.01. The molecule has 30 heavy (non-hydrogen) atoms. The highest BCUT2D eigenvalue weighted by atomic mass is 32.2. The average Bonchev–Trinajstić information content (AvgIpc) is 2.76. The van der Waals surface area contributed by atoms with Crippen molar-refractivity contribution in [3.05, 3.63) is 59.8 Å². The Morgan fingerprint density at radius 3 is 2.47 bits per heavy atom. The van der Waals surface area contributed by atoms with E-state index in [2.05, 4.69) is 10.3 Å². The lowest BCUT2D eigenvalue weighted by atomic mass is 10.2. The smallest absolute Gasteiger partial charge is 0.244 e. The van der Waals surface area contributed by atoms with E-state index < -0.39 is 10.0 Å². The molecule has 0 radical (unpaired) electrons. The molecule has 2 rings (SSSR count). The molecule has 0 saturated carbocycles. The summed E-state index contributed by atoms with van der Waals surface area (Å²) in [7, 11) is -3.49. The summed E-state index contributed by atoms with van der Waals surface area (Å²) in [6, 6.07) is 10.1. The molecule has 1 amide bonds. The molecule has 0 aliphatic rings. The van der Waals surface area contributed by atoms with E-state index in [-0.39, 0.29) is 10.8 Å². The number of rotatable bonds is 11. The van der Waals surface area contributed by atoms with Crippen LogP contribution in [0.2, 0.25) is 0 Å². The zero-order chi connectivity index (χ0) is 22.0. The Bertz CT molecular complexity index is 953. The minimum absolute atomic E-state index is 0.240. The molecular weight excluding hydrogens is 402 g/mol. The molecule has 0 aliphatic heterocycles. The van der Waals surface area contributed by atoms with Gasteiger partial charge in [0.15, 0.2) is 0 Å². The summed E-state index contributed by atoms with van der Waals surface area (Å²) < 4.78 is 32.0. The molecule has 0 fully saturated rings. The summed E-state index contributed by atoms with van der Waals surface area (Å²) in [5.41, 5.74) is 1.54. The van der Waals surface area contributed by atoms with Gasteiger partial charge in [0.25, 0.3) is 0 Å². The number of hydrogen-bond donors (Lipinski definition) is 1. The lowest BCUT2D eigenvalue weighted by Crippen LogP contribution is -2.30. The van der Waals surface area contributed by atoms with E-state index in [4.69, 9.17) is 4.74 Å². The first-order valence-electron chi connectivity index (χ1n) is 10.0. The van der Waals surface area contributed by atoms with Gasteiger partial charge in [0.1, 0.15) is 0 Å². The quantitative estimate of drug-likeness (QED) is 0.552. The number of aromatic nitrogens is 1.